The summed E-state index contributed by atoms with van der Waals surface area (Å²) >= 11 is 0. The Kier molecular flexibility index (Phi) is 7.74. The molecule has 1 heterocycles. The molecule has 4 unspecified atom stereocenters. The minimum atomic E-state index is -0.848. The smallest absolute Gasteiger partial charge is 0.315 e. The van der Waals surface area contributed by atoms with Crippen molar-refractivity contribution in [2.75, 3.05) is 6.54 Å². The molecule has 10 heteroatoms. The molecule has 1 aliphatic heterocycles. The second-order valence-corrected chi connectivity index (χ2v) is 13.9. The number of carbonyl (C=O) groups excluding carboxylic acids is 5. The van der Waals surface area contributed by atoms with Gasteiger partial charge >= 0.3 is 6.03 Å². The van der Waals surface area contributed by atoms with Crippen LogP contribution in [0.25, 0.3) is 0 Å². The molecule has 37 heavy (non-hydrogen) atoms. The van der Waals surface area contributed by atoms with Crippen molar-refractivity contribution in [2.45, 2.75) is 98.3 Å². The Morgan fingerprint density at radius 3 is 2.14 bits per heavy atom. The van der Waals surface area contributed by atoms with Crippen LogP contribution in [0, 0.1) is 34.5 Å². The monoisotopic (exact) mass is 519 g/mol. The van der Waals surface area contributed by atoms with E-state index >= 15 is 0 Å². The summed E-state index contributed by atoms with van der Waals surface area (Å²) in [6, 6.07) is -2.79. The number of hydrogen-bond donors (Lipinski definition) is 4. The summed E-state index contributed by atoms with van der Waals surface area (Å²) in [4.78, 5) is 65.2. The molecule has 5 N–H and O–H groups in total. The molecule has 10 nitrogen and oxygen atoms in total. The molecule has 0 spiro atoms. The Morgan fingerprint density at radius 1 is 1.05 bits per heavy atom. The predicted molar refractivity (Wildman–Crippen MR) is 139 cm³/mol. The van der Waals surface area contributed by atoms with E-state index in [1.165, 1.54) is 0 Å². The molecule has 208 valence electrons. The maximum absolute atomic E-state index is 13.9. The number of carbonyl (C=O) groups is 5. The molecular formula is C27H45N5O5. The number of nitrogens with two attached hydrogens (primary N) is 1. The zero-order valence-corrected chi connectivity index (χ0v) is 23.5. The maximum atomic E-state index is 13.9. The Morgan fingerprint density at radius 2 is 1.68 bits per heavy atom. The van der Waals surface area contributed by atoms with Crippen LogP contribution in [-0.4, -0.2) is 65.1 Å². The van der Waals surface area contributed by atoms with Crippen LogP contribution >= 0.6 is 0 Å². The van der Waals surface area contributed by atoms with Crippen molar-refractivity contribution in [2.24, 2.45) is 40.2 Å². The van der Waals surface area contributed by atoms with E-state index in [2.05, 4.69) is 29.8 Å². The van der Waals surface area contributed by atoms with E-state index in [0.29, 0.717) is 25.7 Å². The summed E-state index contributed by atoms with van der Waals surface area (Å²) in [6.07, 6.45) is 2.53. The highest BCUT2D eigenvalue weighted by Crippen LogP contribution is 2.65. The number of likely N-dealkylation sites (tertiary alicyclic amines) is 1. The number of nitrogens with zero attached hydrogens (tertiary/aromatic N) is 1. The Balaban J connectivity index is 1.77. The van der Waals surface area contributed by atoms with Gasteiger partial charge in [0.15, 0.2) is 0 Å². The van der Waals surface area contributed by atoms with E-state index < -0.39 is 35.1 Å². The lowest BCUT2D eigenvalue weighted by molar-refractivity contribution is -0.144. The SMILES string of the molecule is CC(C)(C)NC(=O)N[C@H](C(=O)N1CC2C([C@H]1C(=O)NC(C=O)CC1CC[C@H]1C(N)=O)C2(C)C)C(C)(C)C. The van der Waals surface area contributed by atoms with Gasteiger partial charge in [0.1, 0.15) is 18.4 Å². The van der Waals surface area contributed by atoms with E-state index in [-0.39, 0.29) is 46.8 Å². The van der Waals surface area contributed by atoms with Crippen molar-refractivity contribution in [3.05, 3.63) is 0 Å². The summed E-state index contributed by atoms with van der Waals surface area (Å²) in [6.45, 7) is 15.8. The highest BCUT2D eigenvalue weighted by Gasteiger charge is 2.69. The van der Waals surface area contributed by atoms with Crippen LogP contribution < -0.4 is 21.7 Å². The number of rotatable bonds is 8. The molecule has 2 aliphatic carbocycles. The first-order valence-electron chi connectivity index (χ1n) is 13.3. The van der Waals surface area contributed by atoms with Gasteiger partial charge in [0.2, 0.25) is 17.7 Å². The van der Waals surface area contributed by atoms with E-state index in [1.807, 2.05) is 41.5 Å². The van der Waals surface area contributed by atoms with Crippen LogP contribution in [0.5, 0.6) is 0 Å². The number of urea groups is 1. The molecule has 3 rings (SSSR count). The van der Waals surface area contributed by atoms with E-state index in [4.69, 9.17) is 5.73 Å². The first-order chi connectivity index (χ1) is 16.9. The number of fused-ring (bicyclic) bond motifs is 1. The lowest BCUT2D eigenvalue weighted by atomic mass is 9.70. The lowest BCUT2D eigenvalue weighted by Crippen LogP contribution is -2.62. The normalized spacial score (nSPS) is 29.7. The third kappa shape index (κ3) is 6.09. The standard InChI is InChI=1S/C27H45N5O5/c1-25(2,3)20(30-24(37)31-26(4,5)6)23(36)32-12-17-18(27(17,7)8)19(32)22(35)29-15(13-33)11-14-9-10-16(14)21(28)34/h13-20H,9-12H2,1-8H3,(H2,28,34)(H,29,35)(H2,30,31,37)/t14?,15?,16-,17?,18?,19+,20-/m1/s1. The van der Waals surface area contributed by atoms with Gasteiger partial charge in [0.05, 0.1) is 6.04 Å². The third-order valence-corrected chi connectivity index (χ3v) is 8.47. The maximum Gasteiger partial charge on any atom is 0.315 e. The minimum Gasteiger partial charge on any atom is -0.369 e. The zero-order valence-electron chi connectivity index (χ0n) is 23.5. The predicted octanol–water partition coefficient (Wildman–Crippen LogP) is 1.57. The van der Waals surface area contributed by atoms with Gasteiger partial charge in [0, 0.05) is 18.0 Å². The van der Waals surface area contributed by atoms with Crippen LogP contribution in [0.3, 0.4) is 0 Å². The molecule has 0 aromatic carbocycles. The van der Waals surface area contributed by atoms with Crippen molar-refractivity contribution in [3.8, 4) is 0 Å². The topological polar surface area (TPSA) is 151 Å². The first kappa shape index (κ1) is 28.9. The number of piperidine rings is 1. The summed E-state index contributed by atoms with van der Waals surface area (Å²) in [5, 5.41) is 8.51. The van der Waals surface area contributed by atoms with Crippen LogP contribution in [0.2, 0.25) is 0 Å². The van der Waals surface area contributed by atoms with Crippen molar-refractivity contribution in [1.82, 2.24) is 20.9 Å². The molecule has 7 atom stereocenters. The summed E-state index contributed by atoms with van der Waals surface area (Å²) in [5.74, 6) is -1.23. The van der Waals surface area contributed by atoms with Crippen LogP contribution in [0.1, 0.15) is 74.7 Å². The summed E-state index contributed by atoms with van der Waals surface area (Å²) < 4.78 is 0. The Labute approximate surface area is 220 Å². The average Bonchev–Trinajstić information content (AvgIpc) is 3.06. The fraction of sp³-hybridized carbons (Fsp3) is 0.815. The molecule has 2 saturated carbocycles. The molecule has 0 radical (unpaired) electrons. The van der Waals surface area contributed by atoms with Gasteiger partial charge in [0.25, 0.3) is 0 Å². The van der Waals surface area contributed by atoms with Crippen molar-refractivity contribution >= 4 is 30.0 Å². The quantitative estimate of drug-likeness (QED) is 0.359. The second kappa shape index (κ2) is 9.91. The van der Waals surface area contributed by atoms with Crippen LogP contribution in [-0.2, 0) is 19.2 Å². The van der Waals surface area contributed by atoms with Gasteiger partial charge in [-0.3, -0.25) is 14.4 Å². The molecule has 3 fully saturated rings. The number of aldehydes is 1. The van der Waals surface area contributed by atoms with Crippen molar-refractivity contribution in [1.29, 1.82) is 0 Å². The van der Waals surface area contributed by atoms with E-state index in [1.54, 1.807) is 4.90 Å². The van der Waals surface area contributed by atoms with Gasteiger partial charge in [-0.2, -0.15) is 0 Å². The zero-order chi connectivity index (χ0) is 28.1. The molecule has 5 amide bonds. The first-order valence-corrected chi connectivity index (χ1v) is 13.3. The average molecular weight is 520 g/mol. The third-order valence-electron chi connectivity index (χ3n) is 8.47. The Hall–Kier alpha value is -2.65. The second-order valence-electron chi connectivity index (χ2n) is 13.9. The molecular weight excluding hydrogens is 474 g/mol. The summed E-state index contributed by atoms with van der Waals surface area (Å²) in [5.41, 5.74) is 4.27. The number of nitrogens with one attached hydrogen (secondary N) is 3. The largest absolute Gasteiger partial charge is 0.369 e. The van der Waals surface area contributed by atoms with Gasteiger partial charge in [-0.05, 0) is 68.6 Å². The molecule has 0 aromatic heterocycles. The fourth-order valence-corrected chi connectivity index (χ4v) is 6.10. The number of primary amides is 1. The lowest BCUT2D eigenvalue weighted by Gasteiger charge is -2.39. The van der Waals surface area contributed by atoms with E-state index in [0.717, 1.165) is 6.42 Å². The van der Waals surface area contributed by atoms with Gasteiger partial charge in [-0.25, -0.2) is 4.79 Å². The summed E-state index contributed by atoms with van der Waals surface area (Å²) in [7, 11) is 0. The van der Waals surface area contributed by atoms with E-state index in [9.17, 15) is 24.0 Å². The van der Waals surface area contributed by atoms with Crippen LogP contribution in [0.15, 0.2) is 0 Å². The highest BCUT2D eigenvalue weighted by molar-refractivity contribution is 5.94. The number of hydrogen-bond acceptors (Lipinski definition) is 5. The van der Waals surface area contributed by atoms with Gasteiger partial charge in [-0.1, -0.05) is 34.6 Å². The molecule has 1 saturated heterocycles. The van der Waals surface area contributed by atoms with Crippen LogP contribution in [0.4, 0.5) is 4.79 Å². The molecule has 0 aromatic rings. The van der Waals surface area contributed by atoms with Gasteiger partial charge in [-0.15, -0.1) is 0 Å². The number of amides is 5. The molecule has 0 bridgehead atoms. The molecule has 3 aliphatic rings. The minimum absolute atomic E-state index is 0.0322. The fourth-order valence-electron chi connectivity index (χ4n) is 6.10. The highest BCUT2D eigenvalue weighted by atomic mass is 16.2. The van der Waals surface area contributed by atoms with Crippen molar-refractivity contribution in [3.63, 3.8) is 0 Å². The van der Waals surface area contributed by atoms with Crippen molar-refractivity contribution < 1.29 is 24.0 Å². The Bertz CT molecular complexity index is 950. The van der Waals surface area contributed by atoms with Gasteiger partial charge < -0.3 is 31.4 Å².